The van der Waals surface area contributed by atoms with Gasteiger partial charge in [0.25, 0.3) is 0 Å². The van der Waals surface area contributed by atoms with Crippen LogP contribution in [0.25, 0.3) is 11.1 Å². The number of hydrogen-bond donors (Lipinski definition) is 1. The third kappa shape index (κ3) is 5.48. The third-order valence-electron chi connectivity index (χ3n) is 5.02. The zero-order valence-electron chi connectivity index (χ0n) is 15.6. The number of sulfone groups is 1. The van der Waals surface area contributed by atoms with E-state index in [1.54, 1.807) is 0 Å². The second-order valence-corrected chi connectivity index (χ2v) is 9.29. The topological polar surface area (TPSA) is 63.6 Å². The summed E-state index contributed by atoms with van der Waals surface area (Å²) in [5.41, 5.74) is -0.292. The van der Waals surface area contributed by atoms with Crippen molar-refractivity contribution in [3.63, 3.8) is 0 Å². The minimum absolute atomic E-state index is 0.0912. The fourth-order valence-corrected chi connectivity index (χ4v) is 5.39. The van der Waals surface area contributed by atoms with Gasteiger partial charge in [-0.25, -0.2) is 17.2 Å². The van der Waals surface area contributed by atoms with E-state index in [0.29, 0.717) is 31.7 Å². The van der Waals surface area contributed by atoms with Crippen molar-refractivity contribution in [1.82, 2.24) is 0 Å². The quantitative estimate of drug-likeness (QED) is 0.662. The van der Waals surface area contributed by atoms with Crippen molar-refractivity contribution < 1.29 is 40.2 Å². The maximum Gasteiger partial charge on any atom is 0.573 e. The Bertz CT molecular complexity index is 1010. The van der Waals surface area contributed by atoms with Crippen LogP contribution in [0.4, 0.5) is 22.0 Å². The van der Waals surface area contributed by atoms with Crippen LogP contribution in [0.15, 0.2) is 41.3 Å². The van der Waals surface area contributed by atoms with Gasteiger partial charge in [0, 0.05) is 11.6 Å². The van der Waals surface area contributed by atoms with Gasteiger partial charge in [-0.2, -0.15) is 0 Å². The number of aliphatic hydroxyl groups is 1. The number of hydrogen-bond acceptors (Lipinski definition) is 4. The van der Waals surface area contributed by atoms with Crippen LogP contribution in [0.1, 0.15) is 25.7 Å². The molecule has 2 aromatic carbocycles. The zero-order chi connectivity index (χ0) is 22.1. The Labute approximate surface area is 170 Å². The van der Waals surface area contributed by atoms with E-state index in [2.05, 4.69) is 4.74 Å². The molecule has 0 amide bonds. The fourth-order valence-electron chi connectivity index (χ4n) is 3.57. The minimum atomic E-state index is -5.17. The van der Waals surface area contributed by atoms with Crippen molar-refractivity contribution in [1.29, 1.82) is 0 Å². The Kier molecular flexibility index (Phi) is 6.37. The molecule has 0 radical (unpaired) electrons. The van der Waals surface area contributed by atoms with Crippen molar-refractivity contribution >= 4 is 9.84 Å². The summed E-state index contributed by atoms with van der Waals surface area (Å²) in [4.78, 5) is -0.655. The molecule has 0 saturated heterocycles. The van der Waals surface area contributed by atoms with Gasteiger partial charge in [0.1, 0.15) is 22.3 Å². The monoisotopic (exact) mass is 450 g/mol. The number of rotatable bonds is 5. The van der Waals surface area contributed by atoms with Gasteiger partial charge in [-0.05, 0) is 61.4 Å². The molecule has 0 heterocycles. The molecule has 1 fully saturated rings. The number of benzene rings is 2. The predicted octanol–water partition coefficient (Wildman–Crippen LogP) is 4.86. The number of alkyl halides is 3. The summed E-state index contributed by atoms with van der Waals surface area (Å²) in [7, 11) is -4.16. The number of ether oxygens (including phenoxy) is 1. The summed E-state index contributed by atoms with van der Waals surface area (Å²) in [6.45, 7) is 0. The molecule has 0 spiro atoms. The van der Waals surface area contributed by atoms with Crippen LogP contribution in [-0.4, -0.2) is 31.7 Å². The lowest BCUT2D eigenvalue weighted by Crippen LogP contribution is -2.25. The van der Waals surface area contributed by atoms with E-state index < -0.39 is 50.3 Å². The molecule has 0 aromatic heterocycles. The van der Waals surface area contributed by atoms with E-state index >= 15 is 0 Å². The lowest BCUT2D eigenvalue weighted by molar-refractivity contribution is -0.275. The van der Waals surface area contributed by atoms with E-state index in [9.17, 15) is 35.5 Å². The van der Waals surface area contributed by atoms with Crippen LogP contribution in [-0.2, 0) is 9.84 Å². The normalized spacial score (nSPS) is 20.2. The second-order valence-electron chi connectivity index (χ2n) is 7.29. The van der Waals surface area contributed by atoms with Crippen LogP contribution in [0.3, 0.4) is 0 Å². The summed E-state index contributed by atoms with van der Waals surface area (Å²) in [5.74, 6) is -3.53. The lowest BCUT2D eigenvalue weighted by atomic mass is 9.89. The molecule has 0 bridgehead atoms. The zero-order valence-corrected chi connectivity index (χ0v) is 16.4. The Hall–Kier alpha value is -2.20. The summed E-state index contributed by atoms with van der Waals surface area (Å²) < 4.78 is 95.5. The summed E-state index contributed by atoms with van der Waals surface area (Å²) >= 11 is 0. The molecule has 4 nitrogen and oxygen atoms in total. The van der Waals surface area contributed by atoms with Crippen LogP contribution < -0.4 is 4.74 Å². The third-order valence-corrected chi connectivity index (χ3v) is 6.94. The minimum Gasteiger partial charge on any atom is -0.404 e. The van der Waals surface area contributed by atoms with Gasteiger partial charge in [-0.3, -0.25) is 0 Å². The first kappa shape index (κ1) is 22.5. The maximum absolute atomic E-state index is 14.0. The van der Waals surface area contributed by atoms with Crippen LogP contribution in [0, 0.1) is 17.6 Å². The van der Waals surface area contributed by atoms with E-state index in [1.165, 1.54) is 0 Å². The highest BCUT2D eigenvalue weighted by molar-refractivity contribution is 7.91. The molecule has 164 valence electrons. The van der Waals surface area contributed by atoms with Crippen LogP contribution in [0.2, 0.25) is 0 Å². The Morgan fingerprint density at radius 1 is 1.00 bits per heavy atom. The number of aliphatic hydroxyl groups excluding tert-OH is 1. The molecule has 2 aromatic rings. The molecule has 0 atom stereocenters. The molecule has 10 heteroatoms. The smallest absolute Gasteiger partial charge is 0.404 e. The molecule has 0 aliphatic heterocycles. The average Bonchev–Trinajstić information content (AvgIpc) is 2.62. The fraction of sp³-hybridized carbons (Fsp3) is 0.400. The van der Waals surface area contributed by atoms with Crippen molar-refractivity contribution in [3.8, 4) is 16.9 Å². The molecular weight excluding hydrogens is 431 g/mol. The van der Waals surface area contributed by atoms with Gasteiger partial charge in [0.2, 0.25) is 0 Å². The standard InChI is InChI=1S/C20H19F5O4S/c21-14-4-7-16(17(22)10-14)13-3-8-19(18(9-13)29-20(23,24)25)30(27,28)11-12-1-5-15(26)6-2-12/h3-4,7-10,12,15,26H,1-2,5-6,11H2. The molecule has 1 aliphatic carbocycles. The largest absolute Gasteiger partial charge is 0.573 e. The lowest BCUT2D eigenvalue weighted by Gasteiger charge is -2.25. The van der Waals surface area contributed by atoms with Crippen LogP contribution >= 0.6 is 0 Å². The molecule has 30 heavy (non-hydrogen) atoms. The van der Waals surface area contributed by atoms with Crippen molar-refractivity contribution in [2.24, 2.45) is 5.92 Å². The summed E-state index contributed by atoms with van der Waals surface area (Å²) in [5, 5.41) is 9.54. The van der Waals surface area contributed by atoms with E-state index in [1.807, 2.05) is 0 Å². The Balaban J connectivity index is 1.98. The summed E-state index contributed by atoms with van der Waals surface area (Å²) in [6.07, 6.45) is -3.94. The Morgan fingerprint density at radius 2 is 1.67 bits per heavy atom. The van der Waals surface area contributed by atoms with Crippen molar-refractivity contribution in [2.45, 2.75) is 43.0 Å². The molecule has 0 unspecified atom stereocenters. The highest BCUT2D eigenvalue weighted by Crippen LogP contribution is 2.37. The van der Waals surface area contributed by atoms with E-state index in [-0.39, 0.29) is 17.0 Å². The van der Waals surface area contributed by atoms with Crippen molar-refractivity contribution in [3.05, 3.63) is 48.0 Å². The summed E-state index contributed by atoms with van der Waals surface area (Å²) in [6, 6.07) is 5.41. The molecule has 1 aliphatic rings. The van der Waals surface area contributed by atoms with Crippen molar-refractivity contribution in [2.75, 3.05) is 5.75 Å². The molecule has 3 rings (SSSR count). The molecule has 1 N–H and O–H groups in total. The van der Waals surface area contributed by atoms with Gasteiger partial charge < -0.3 is 9.84 Å². The van der Waals surface area contributed by atoms with Gasteiger partial charge in [0.15, 0.2) is 9.84 Å². The maximum atomic E-state index is 14.0. The first-order valence-electron chi connectivity index (χ1n) is 9.20. The van der Waals surface area contributed by atoms with E-state index in [0.717, 1.165) is 30.3 Å². The first-order chi connectivity index (χ1) is 13.9. The van der Waals surface area contributed by atoms with Gasteiger partial charge in [-0.1, -0.05) is 6.07 Å². The highest BCUT2D eigenvalue weighted by atomic mass is 32.2. The highest BCUT2D eigenvalue weighted by Gasteiger charge is 2.35. The molecule has 1 saturated carbocycles. The van der Waals surface area contributed by atoms with Gasteiger partial charge in [0.05, 0.1) is 11.9 Å². The number of halogens is 5. The SMILES string of the molecule is O=S(=O)(CC1CCC(O)CC1)c1ccc(-c2ccc(F)cc2F)cc1OC(F)(F)F. The van der Waals surface area contributed by atoms with Crippen LogP contribution in [0.5, 0.6) is 5.75 Å². The van der Waals surface area contributed by atoms with E-state index in [4.69, 9.17) is 0 Å². The first-order valence-corrected chi connectivity index (χ1v) is 10.9. The predicted molar refractivity (Wildman–Crippen MR) is 98.5 cm³/mol. The average molecular weight is 450 g/mol. The Morgan fingerprint density at radius 3 is 2.27 bits per heavy atom. The van der Waals surface area contributed by atoms with Gasteiger partial charge in [-0.15, -0.1) is 13.2 Å². The second kappa shape index (κ2) is 8.50. The van der Waals surface area contributed by atoms with Gasteiger partial charge >= 0.3 is 6.36 Å². The molecular formula is C20H19F5O4S.